The number of halogens is 1. The van der Waals surface area contributed by atoms with Crippen LogP contribution in [0, 0.1) is 15.5 Å². The highest BCUT2D eigenvalue weighted by atomic mass is 35.5. The molecular formula is C16H14ClN3O4S. The van der Waals surface area contributed by atoms with Crippen LogP contribution in [0.2, 0.25) is 5.02 Å². The van der Waals surface area contributed by atoms with E-state index in [0.717, 1.165) is 11.3 Å². The fraction of sp³-hybridized carbons (Fsp3) is 0.312. The van der Waals surface area contributed by atoms with Gasteiger partial charge >= 0.3 is 0 Å². The lowest BCUT2D eigenvalue weighted by atomic mass is 9.78. The Morgan fingerprint density at radius 2 is 2.12 bits per heavy atom. The van der Waals surface area contributed by atoms with E-state index in [2.05, 4.69) is 10.3 Å². The standard InChI is InChI=1S/C16H14ClN3O4S/c1-16(2)6-10-13(12(21)7-16)25-15(18-10)19-14(22)9-5-8(17)3-4-11(9)20(23)24/h3-5H,6-7H2,1-2H3,(H,18,19,22). The first kappa shape index (κ1) is 17.5. The molecule has 0 saturated carbocycles. The molecule has 1 heterocycles. The Morgan fingerprint density at radius 3 is 2.80 bits per heavy atom. The Kier molecular flexibility index (Phi) is 4.34. The lowest BCUT2D eigenvalue weighted by molar-refractivity contribution is -0.385. The molecule has 3 rings (SSSR count). The van der Waals surface area contributed by atoms with Crippen LogP contribution in [0.4, 0.5) is 10.8 Å². The topological polar surface area (TPSA) is 102 Å². The van der Waals surface area contributed by atoms with Crippen molar-refractivity contribution in [2.75, 3.05) is 5.32 Å². The fourth-order valence-electron chi connectivity index (χ4n) is 2.79. The Labute approximate surface area is 152 Å². The lowest BCUT2D eigenvalue weighted by Gasteiger charge is -2.26. The molecule has 9 heteroatoms. The zero-order valence-electron chi connectivity index (χ0n) is 13.5. The van der Waals surface area contributed by atoms with E-state index in [4.69, 9.17) is 11.6 Å². The average molecular weight is 380 g/mol. The number of Topliss-reactive ketones (excluding diaryl/α,β-unsaturated/α-hetero) is 1. The molecule has 0 atom stereocenters. The summed E-state index contributed by atoms with van der Waals surface area (Å²) in [5, 5.41) is 14.1. The molecule has 1 amide bonds. The number of rotatable bonds is 3. The molecule has 130 valence electrons. The zero-order valence-corrected chi connectivity index (χ0v) is 15.0. The molecule has 0 fully saturated rings. The van der Waals surface area contributed by atoms with Crippen LogP contribution < -0.4 is 5.32 Å². The van der Waals surface area contributed by atoms with Crippen LogP contribution in [0.5, 0.6) is 0 Å². The average Bonchev–Trinajstić information content (AvgIpc) is 2.87. The van der Waals surface area contributed by atoms with Crippen LogP contribution in [0.15, 0.2) is 18.2 Å². The van der Waals surface area contributed by atoms with Gasteiger partial charge in [-0.15, -0.1) is 0 Å². The van der Waals surface area contributed by atoms with Gasteiger partial charge in [0.05, 0.1) is 15.5 Å². The van der Waals surface area contributed by atoms with Gasteiger partial charge in [-0.1, -0.05) is 36.8 Å². The van der Waals surface area contributed by atoms with E-state index in [-0.39, 0.29) is 32.6 Å². The van der Waals surface area contributed by atoms with Crippen LogP contribution in [-0.2, 0) is 6.42 Å². The van der Waals surface area contributed by atoms with Gasteiger partial charge in [0, 0.05) is 17.5 Å². The van der Waals surface area contributed by atoms with Crippen LogP contribution in [0.1, 0.15) is 46.0 Å². The predicted molar refractivity (Wildman–Crippen MR) is 94.6 cm³/mol. The van der Waals surface area contributed by atoms with E-state index in [1.807, 2.05) is 13.8 Å². The molecule has 0 saturated heterocycles. The number of nitro groups is 1. The maximum atomic E-state index is 12.4. The smallest absolute Gasteiger partial charge is 0.282 e. The van der Waals surface area contributed by atoms with Crippen LogP contribution in [-0.4, -0.2) is 21.6 Å². The van der Waals surface area contributed by atoms with E-state index in [0.29, 0.717) is 23.4 Å². The quantitative estimate of drug-likeness (QED) is 0.638. The van der Waals surface area contributed by atoms with Crippen molar-refractivity contribution < 1.29 is 14.5 Å². The first-order valence-corrected chi connectivity index (χ1v) is 8.64. The maximum Gasteiger partial charge on any atom is 0.282 e. The zero-order chi connectivity index (χ0) is 18.4. The first-order chi connectivity index (χ1) is 11.7. The number of aromatic nitrogens is 1. The molecule has 0 aliphatic heterocycles. The summed E-state index contributed by atoms with van der Waals surface area (Å²) in [6.45, 7) is 3.97. The number of ketones is 1. The van der Waals surface area contributed by atoms with Gasteiger partial charge in [-0.05, 0) is 24.0 Å². The number of anilines is 1. The molecule has 1 aliphatic rings. The minimum absolute atomic E-state index is 0.00187. The highest BCUT2D eigenvalue weighted by molar-refractivity contribution is 7.17. The second-order valence-electron chi connectivity index (χ2n) is 6.61. The summed E-state index contributed by atoms with van der Waals surface area (Å²) >= 11 is 6.93. The van der Waals surface area contributed by atoms with Crippen molar-refractivity contribution in [3.63, 3.8) is 0 Å². The van der Waals surface area contributed by atoms with Gasteiger partial charge in [-0.3, -0.25) is 25.0 Å². The number of amides is 1. The van der Waals surface area contributed by atoms with Gasteiger partial charge in [-0.25, -0.2) is 4.98 Å². The van der Waals surface area contributed by atoms with E-state index in [1.165, 1.54) is 18.2 Å². The summed E-state index contributed by atoms with van der Waals surface area (Å²) < 4.78 is 0. The van der Waals surface area contributed by atoms with Gasteiger partial charge in [0.25, 0.3) is 11.6 Å². The summed E-state index contributed by atoms with van der Waals surface area (Å²) in [5.74, 6) is -0.690. The Balaban J connectivity index is 1.90. The predicted octanol–water partition coefficient (Wildman–Crippen LogP) is 4.11. The number of fused-ring (bicyclic) bond motifs is 1. The van der Waals surface area contributed by atoms with E-state index in [9.17, 15) is 19.7 Å². The molecular weight excluding hydrogens is 366 g/mol. The largest absolute Gasteiger partial charge is 0.298 e. The number of nitrogens with zero attached hydrogens (tertiary/aromatic N) is 2. The molecule has 1 N–H and O–H groups in total. The number of nitro benzene ring substituents is 1. The number of carbonyl (C=O) groups excluding carboxylic acids is 2. The third-order valence-electron chi connectivity index (χ3n) is 3.86. The highest BCUT2D eigenvalue weighted by Gasteiger charge is 2.34. The highest BCUT2D eigenvalue weighted by Crippen LogP contribution is 2.38. The van der Waals surface area contributed by atoms with E-state index >= 15 is 0 Å². The molecule has 25 heavy (non-hydrogen) atoms. The third kappa shape index (κ3) is 3.54. The minimum atomic E-state index is -0.688. The molecule has 0 bridgehead atoms. The fourth-order valence-corrected chi connectivity index (χ4v) is 3.87. The molecule has 1 aliphatic carbocycles. The summed E-state index contributed by atoms with van der Waals surface area (Å²) in [6, 6.07) is 3.76. The summed E-state index contributed by atoms with van der Waals surface area (Å²) in [4.78, 5) is 39.9. The molecule has 1 aromatic heterocycles. The van der Waals surface area contributed by atoms with Crippen molar-refractivity contribution in [3.8, 4) is 0 Å². The number of hydrogen-bond acceptors (Lipinski definition) is 6. The number of carbonyl (C=O) groups is 2. The van der Waals surface area contributed by atoms with Crippen molar-refractivity contribution in [1.82, 2.24) is 4.98 Å². The Morgan fingerprint density at radius 1 is 1.40 bits per heavy atom. The Hall–Kier alpha value is -2.32. The molecule has 0 radical (unpaired) electrons. The van der Waals surface area contributed by atoms with Crippen molar-refractivity contribution in [2.45, 2.75) is 26.7 Å². The number of hydrogen-bond donors (Lipinski definition) is 1. The van der Waals surface area contributed by atoms with Gasteiger partial charge in [0.2, 0.25) is 0 Å². The summed E-state index contributed by atoms with van der Waals surface area (Å²) in [6.07, 6.45) is 1.06. The molecule has 0 spiro atoms. The van der Waals surface area contributed by atoms with Crippen molar-refractivity contribution in [1.29, 1.82) is 0 Å². The molecule has 1 aromatic carbocycles. The van der Waals surface area contributed by atoms with Crippen LogP contribution >= 0.6 is 22.9 Å². The van der Waals surface area contributed by atoms with Gasteiger partial charge in [0.1, 0.15) is 5.56 Å². The van der Waals surface area contributed by atoms with Crippen LogP contribution in [0.3, 0.4) is 0 Å². The first-order valence-electron chi connectivity index (χ1n) is 7.44. The molecule has 2 aromatic rings. The number of benzene rings is 1. The minimum Gasteiger partial charge on any atom is -0.298 e. The second kappa shape index (κ2) is 6.20. The van der Waals surface area contributed by atoms with Crippen molar-refractivity contribution >= 4 is 45.4 Å². The van der Waals surface area contributed by atoms with Crippen molar-refractivity contribution in [3.05, 3.63) is 49.5 Å². The monoisotopic (exact) mass is 379 g/mol. The maximum absolute atomic E-state index is 12.4. The summed E-state index contributed by atoms with van der Waals surface area (Å²) in [5.41, 5.74) is -0.0227. The van der Waals surface area contributed by atoms with E-state index < -0.39 is 10.8 Å². The third-order valence-corrected chi connectivity index (χ3v) is 5.15. The lowest BCUT2D eigenvalue weighted by Crippen LogP contribution is -2.26. The van der Waals surface area contributed by atoms with Crippen LogP contribution in [0.25, 0.3) is 0 Å². The van der Waals surface area contributed by atoms with E-state index in [1.54, 1.807) is 0 Å². The van der Waals surface area contributed by atoms with Gasteiger partial charge in [0.15, 0.2) is 10.9 Å². The Bertz CT molecular complexity index is 907. The number of nitrogens with one attached hydrogen (secondary N) is 1. The molecule has 0 unspecified atom stereocenters. The van der Waals surface area contributed by atoms with Gasteiger partial charge < -0.3 is 0 Å². The SMILES string of the molecule is CC1(C)CC(=O)c2sc(NC(=O)c3cc(Cl)ccc3[N+](=O)[O-])nc2C1. The normalized spacial score (nSPS) is 15.6. The van der Waals surface area contributed by atoms with Crippen molar-refractivity contribution in [2.24, 2.45) is 5.41 Å². The second-order valence-corrected chi connectivity index (χ2v) is 8.04. The summed E-state index contributed by atoms with van der Waals surface area (Å²) in [7, 11) is 0. The molecule has 7 nitrogen and oxygen atoms in total. The van der Waals surface area contributed by atoms with Gasteiger partial charge in [-0.2, -0.15) is 0 Å². The number of thiazole rings is 1.